The van der Waals surface area contributed by atoms with Crippen LogP contribution in [0, 0.1) is 11.3 Å². The molecule has 0 bridgehead atoms. The van der Waals surface area contributed by atoms with Gasteiger partial charge in [-0.3, -0.25) is 4.57 Å². The van der Waals surface area contributed by atoms with Gasteiger partial charge in [-0.2, -0.15) is 5.26 Å². The van der Waals surface area contributed by atoms with Crippen LogP contribution >= 0.6 is 7.29 Å². The zero-order valence-corrected chi connectivity index (χ0v) is 14.9. The van der Waals surface area contributed by atoms with Gasteiger partial charge in [-0.1, -0.05) is 66.7 Å². The van der Waals surface area contributed by atoms with E-state index < -0.39 is 12.8 Å². The molecule has 4 heteroatoms. The van der Waals surface area contributed by atoms with E-state index in [1.54, 1.807) is 6.92 Å². The van der Waals surface area contributed by atoms with Crippen LogP contribution in [0.15, 0.2) is 91.0 Å². The summed E-state index contributed by atoms with van der Waals surface area (Å²) in [5.41, 5.74) is -0.299. The standard InChI is InChI=1S/C21H19N2OP/c1-21(17-22,18-11-5-2-6-12-18)23-25(24,19-13-7-3-8-14-19)20-15-9-4-10-16-20/h2-16H,1H3,(H,23,24). The number of nitriles is 1. The molecule has 25 heavy (non-hydrogen) atoms. The lowest BCUT2D eigenvalue weighted by Crippen LogP contribution is -2.41. The predicted molar refractivity (Wildman–Crippen MR) is 102 cm³/mol. The van der Waals surface area contributed by atoms with Gasteiger partial charge in [0.15, 0.2) is 0 Å². The largest absolute Gasteiger partial charge is 0.296 e. The van der Waals surface area contributed by atoms with Crippen LogP contribution in [0.2, 0.25) is 0 Å². The molecule has 0 saturated heterocycles. The zero-order valence-electron chi connectivity index (χ0n) is 14.0. The van der Waals surface area contributed by atoms with Crippen molar-refractivity contribution in [2.75, 3.05) is 0 Å². The van der Waals surface area contributed by atoms with Gasteiger partial charge in [0.05, 0.1) is 6.07 Å². The highest BCUT2D eigenvalue weighted by molar-refractivity contribution is 7.77. The SMILES string of the molecule is CC(C#N)(NP(=O)(c1ccccc1)c1ccccc1)c1ccccc1. The molecule has 0 amide bonds. The number of benzene rings is 3. The maximum absolute atomic E-state index is 14.1. The first-order valence-corrected chi connectivity index (χ1v) is 9.77. The van der Waals surface area contributed by atoms with Crippen LogP contribution in [0.3, 0.4) is 0 Å². The van der Waals surface area contributed by atoms with Gasteiger partial charge in [-0.25, -0.2) is 5.09 Å². The van der Waals surface area contributed by atoms with Crippen LogP contribution in [0.1, 0.15) is 12.5 Å². The molecule has 3 aromatic carbocycles. The number of nitrogens with one attached hydrogen (secondary N) is 1. The second kappa shape index (κ2) is 7.07. The second-order valence-corrected chi connectivity index (χ2v) is 8.47. The van der Waals surface area contributed by atoms with Gasteiger partial charge in [0.2, 0.25) is 7.29 Å². The van der Waals surface area contributed by atoms with Crippen LogP contribution in [-0.2, 0) is 10.1 Å². The predicted octanol–water partition coefficient (Wildman–Crippen LogP) is 3.94. The van der Waals surface area contributed by atoms with Crippen LogP contribution < -0.4 is 15.7 Å². The Morgan fingerprint density at radius 2 is 1.20 bits per heavy atom. The minimum atomic E-state index is -3.20. The molecule has 3 nitrogen and oxygen atoms in total. The third kappa shape index (κ3) is 3.42. The van der Waals surface area contributed by atoms with Crippen molar-refractivity contribution in [1.82, 2.24) is 5.09 Å². The van der Waals surface area contributed by atoms with Gasteiger partial charge in [0.25, 0.3) is 0 Å². The van der Waals surface area contributed by atoms with Crippen molar-refractivity contribution in [2.24, 2.45) is 0 Å². The van der Waals surface area contributed by atoms with Crippen molar-refractivity contribution in [1.29, 1.82) is 5.26 Å². The van der Waals surface area contributed by atoms with Crippen molar-refractivity contribution in [3.8, 4) is 6.07 Å². The Balaban J connectivity index is 2.14. The van der Waals surface area contributed by atoms with Gasteiger partial charge >= 0.3 is 0 Å². The topological polar surface area (TPSA) is 52.9 Å². The quantitative estimate of drug-likeness (QED) is 0.712. The monoisotopic (exact) mass is 346 g/mol. The Bertz CT molecular complexity index is 877. The highest BCUT2D eigenvalue weighted by Gasteiger charge is 2.37. The lowest BCUT2D eigenvalue weighted by atomic mass is 9.95. The first kappa shape index (κ1) is 17.2. The second-order valence-electron chi connectivity index (χ2n) is 6.00. The Kier molecular flexibility index (Phi) is 4.86. The molecule has 0 aliphatic rings. The molecule has 124 valence electrons. The van der Waals surface area contributed by atoms with E-state index in [-0.39, 0.29) is 0 Å². The molecule has 0 spiro atoms. The average Bonchev–Trinajstić information content (AvgIpc) is 2.70. The van der Waals surface area contributed by atoms with Gasteiger partial charge < -0.3 is 0 Å². The van der Waals surface area contributed by atoms with Crippen molar-refractivity contribution in [3.05, 3.63) is 96.6 Å². The lowest BCUT2D eigenvalue weighted by Gasteiger charge is -2.30. The smallest absolute Gasteiger partial charge is 0.206 e. The summed E-state index contributed by atoms with van der Waals surface area (Å²) in [5, 5.41) is 14.4. The summed E-state index contributed by atoms with van der Waals surface area (Å²) in [7, 11) is -3.20. The Morgan fingerprint density at radius 3 is 1.60 bits per heavy atom. The molecule has 0 aliphatic carbocycles. The Labute approximate surface area is 148 Å². The lowest BCUT2D eigenvalue weighted by molar-refractivity contribution is 0.532. The van der Waals surface area contributed by atoms with E-state index in [1.807, 2.05) is 91.0 Å². The first-order chi connectivity index (χ1) is 12.1. The molecule has 3 aromatic rings. The van der Waals surface area contributed by atoms with Crippen LogP contribution in [-0.4, -0.2) is 0 Å². The molecule has 1 N–H and O–H groups in total. The molecule has 0 aliphatic heterocycles. The number of rotatable bonds is 5. The summed E-state index contributed by atoms with van der Waals surface area (Å²) in [6, 6.07) is 30.3. The Hall–Kier alpha value is -2.66. The van der Waals surface area contributed by atoms with E-state index in [9.17, 15) is 9.83 Å². The molecule has 0 radical (unpaired) electrons. The highest BCUT2D eigenvalue weighted by atomic mass is 31.2. The maximum Gasteiger partial charge on any atom is 0.206 e. The van der Waals surface area contributed by atoms with E-state index in [0.29, 0.717) is 10.6 Å². The molecule has 0 aromatic heterocycles. The summed E-state index contributed by atoms with van der Waals surface area (Å²) < 4.78 is 14.1. The molecule has 3 rings (SSSR count). The summed E-state index contributed by atoms with van der Waals surface area (Å²) in [6.45, 7) is 1.76. The van der Waals surface area contributed by atoms with Crippen molar-refractivity contribution < 1.29 is 4.57 Å². The van der Waals surface area contributed by atoms with Crippen molar-refractivity contribution in [3.63, 3.8) is 0 Å². The summed E-state index contributed by atoms with van der Waals surface area (Å²) in [5.74, 6) is 0. The summed E-state index contributed by atoms with van der Waals surface area (Å²) >= 11 is 0. The third-order valence-electron chi connectivity index (χ3n) is 4.20. The molecular weight excluding hydrogens is 327 g/mol. The summed E-state index contributed by atoms with van der Waals surface area (Å²) in [4.78, 5) is 0. The molecule has 0 saturated carbocycles. The fourth-order valence-corrected chi connectivity index (χ4v) is 5.34. The van der Waals surface area contributed by atoms with Crippen molar-refractivity contribution in [2.45, 2.75) is 12.5 Å². The fraction of sp³-hybridized carbons (Fsp3) is 0.0952. The van der Waals surface area contributed by atoms with Crippen LogP contribution in [0.25, 0.3) is 0 Å². The summed E-state index contributed by atoms with van der Waals surface area (Å²) in [6.07, 6.45) is 0. The number of hydrogen-bond donors (Lipinski definition) is 1. The van der Waals surface area contributed by atoms with Gasteiger partial charge in [-0.05, 0) is 36.8 Å². The van der Waals surface area contributed by atoms with E-state index in [1.165, 1.54) is 0 Å². The molecular formula is C21H19N2OP. The molecule has 0 heterocycles. The minimum Gasteiger partial charge on any atom is -0.296 e. The first-order valence-electron chi connectivity index (χ1n) is 8.06. The van der Waals surface area contributed by atoms with Crippen LogP contribution in [0.4, 0.5) is 0 Å². The molecule has 0 fully saturated rings. The maximum atomic E-state index is 14.1. The van der Waals surface area contributed by atoms with E-state index >= 15 is 0 Å². The molecule has 1 unspecified atom stereocenters. The van der Waals surface area contributed by atoms with Gasteiger partial charge in [-0.15, -0.1) is 0 Å². The van der Waals surface area contributed by atoms with E-state index in [4.69, 9.17) is 0 Å². The fourth-order valence-electron chi connectivity index (χ4n) is 2.79. The molecule has 1 atom stereocenters. The zero-order chi connectivity index (χ0) is 17.8. The normalized spacial score (nSPS) is 13.6. The third-order valence-corrected chi connectivity index (χ3v) is 7.01. The minimum absolute atomic E-state index is 0.679. The van der Waals surface area contributed by atoms with Gasteiger partial charge in [0, 0.05) is 10.6 Å². The van der Waals surface area contributed by atoms with E-state index in [0.717, 1.165) is 5.56 Å². The van der Waals surface area contributed by atoms with Crippen molar-refractivity contribution >= 4 is 17.9 Å². The average molecular weight is 346 g/mol. The number of hydrogen-bond acceptors (Lipinski definition) is 2. The van der Waals surface area contributed by atoms with Crippen LogP contribution in [0.5, 0.6) is 0 Å². The number of nitrogens with zero attached hydrogens (tertiary/aromatic N) is 1. The van der Waals surface area contributed by atoms with E-state index in [2.05, 4.69) is 11.2 Å². The highest BCUT2D eigenvalue weighted by Crippen LogP contribution is 2.43. The van der Waals surface area contributed by atoms with Gasteiger partial charge in [0.1, 0.15) is 5.54 Å². The Morgan fingerprint density at radius 1 is 0.800 bits per heavy atom.